The number of nitrogens with one attached hydrogen (secondary N) is 1. The van der Waals surface area contributed by atoms with Crippen molar-refractivity contribution in [1.29, 1.82) is 0 Å². The molecule has 1 fully saturated rings. The van der Waals surface area contributed by atoms with E-state index in [1.165, 1.54) is 0 Å². The number of carbonyl (C=O) groups is 3. The number of benzene rings is 1. The van der Waals surface area contributed by atoms with Crippen LogP contribution in [0.3, 0.4) is 0 Å². The van der Waals surface area contributed by atoms with Crippen molar-refractivity contribution in [2.45, 2.75) is 46.1 Å². The van der Waals surface area contributed by atoms with Crippen molar-refractivity contribution in [2.75, 3.05) is 19.7 Å². The standard InChI is InChI=1S/C21H29ClN2O4/c1-4-15(3)19(23-20(26)16-7-9-17(22)10-8-16)21(27)28-13-18(25)24-11-5-6-14(2)12-24/h7-10,14-15,19H,4-6,11-13H2,1-3H3,(H,23,26). The second kappa shape index (κ2) is 10.5. The van der Waals surface area contributed by atoms with Gasteiger partial charge in [-0.05, 0) is 48.9 Å². The fraction of sp³-hybridized carbons (Fsp3) is 0.571. The molecule has 7 heteroatoms. The molecule has 0 aliphatic carbocycles. The first-order chi connectivity index (χ1) is 13.3. The fourth-order valence-electron chi connectivity index (χ4n) is 3.22. The topological polar surface area (TPSA) is 75.7 Å². The van der Waals surface area contributed by atoms with Gasteiger partial charge in [0.1, 0.15) is 6.04 Å². The summed E-state index contributed by atoms with van der Waals surface area (Å²) in [7, 11) is 0. The van der Waals surface area contributed by atoms with Gasteiger partial charge < -0.3 is 15.0 Å². The molecule has 1 aromatic carbocycles. The van der Waals surface area contributed by atoms with E-state index in [9.17, 15) is 14.4 Å². The van der Waals surface area contributed by atoms with Gasteiger partial charge in [0.05, 0.1) is 0 Å². The Kier molecular flexibility index (Phi) is 8.30. The summed E-state index contributed by atoms with van der Waals surface area (Å²) in [4.78, 5) is 39.1. The molecule has 0 aromatic heterocycles. The van der Waals surface area contributed by atoms with Crippen molar-refractivity contribution in [2.24, 2.45) is 11.8 Å². The lowest BCUT2D eigenvalue weighted by molar-refractivity contribution is -0.155. The van der Waals surface area contributed by atoms with Crippen molar-refractivity contribution >= 4 is 29.4 Å². The molecular formula is C21H29ClN2O4. The van der Waals surface area contributed by atoms with Crippen molar-refractivity contribution < 1.29 is 19.1 Å². The number of esters is 1. The molecule has 2 rings (SSSR count). The van der Waals surface area contributed by atoms with E-state index < -0.39 is 12.0 Å². The van der Waals surface area contributed by atoms with Gasteiger partial charge in [0, 0.05) is 23.7 Å². The molecule has 0 saturated carbocycles. The van der Waals surface area contributed by atoms with E-state index in [-0.39, 0.29) is 24.3 Å². The quantitative estimate of drug-likeness (QED) is 0.702. The summed E-state index contributed by atoms with van der Waals surface area (Å²) in [5.41, 5.74) is 0.406. The maximum Gasteiger partial charge on any atom is 0.329 e. The molecule has 154 valence electrons. The van der Waals surface area contributed by atoms with Crippen LogP contribution in [0.5, 0.6) is 0 Å². The highest BCUT2D eigenvalue weighted by atomic mass is 35.5. The van der Waals surface area contributed by atoms with Gasteiger partial charge >= 0.3 is 5.97 Å². The summed E-state index contributed by atoms with van der Waals surface area (Å²) in [6.07, 6.45) is 2.75. The highest BCUT2D eigenvalue weighted by molar-refractivity contribution is 6.30. The Hall–Kier alpha value is -2.08. The number of carbonyl (C=O) groups excluding carboxylic acids is 3. The minimum Gasteiger partial charge on any atom is -0.454 e. The zero-order valence-corrected chi connectivity index (χ0v) is 17.5. The molecule has 3 unspecified atom stereocenters. The maximum absolute atomic E-state index is 12.6. The molecule has 1 aromatic rings. The van der Waals surface area contributed by atoms with Crippen molar-refractivity contribution in [3.8, 4) is 0 Å². The second-order valence-corrected chi connectivity index (χ2v) is 7.97. The Morgan fingerprint density at radius 2 is 1.96 bits per heavy atom. The van der Waals surface area contributed by atoms with Crippen LogP contribution in [0.4, 0.5) is 0 Å². The molecule has 3 atom stereocenters. The fourth-order valence-corrected chi connectivity index (χ4v) is 3.35. The predicted molar refractivity (Wildman–Crippen MR) is 108 cm³/mol. The summed E-state index contributed by atoms with van der Waals surface area (Å²) >= 11 is 5.85. The third-order valence-electron chi connectivity index (χ3n) is 5.21. The number of nitrogens with zero attached hydrogens (tertiary/aromatic N) is 1. The highest BCUT2D eigenvalue weighted by Crippen LogP contribution is 2.16. The normalized spacial score (nSPS) is 18.9. The lowest BCUT2D eigenvalue weighted by Crippen LogP contribution is -2.47. The number of piperidine rings is 1. The zero-order valence-electron chi connectivity index (χ0n) is 16.7. The average molecular weight is 409 g/mol. The summed E-state index contributed by atoms with van der Waals surface area (Å²) in [5, 5.41) is 3.26. The molecule has 1 saturated heterocycles. The molecule has 1 aliphatic heterocycles. The smallest absolute Gasteiger partial charge is 0.329 e. The van der Waals surface area contributed by atoms with E-state index in [2.05, 4.69) is 12.2 Å². The van der Waals surface area contributed by atoms with Crippen LogP contribution in [0.1, 0.15) is 50.4 Å². The summed E-state index contributed by atoms with van der Waals surface area (Å²) in [6.45, 7) is 7.00. The SMILES string of the molecule is CCC(C)C(NC(=O)c1ccc(Cl)cc1)C(=O)OCC(=O)N1CCCC(C)C1. The van der Waals surface area contributed by atoms with Gasteiger partial charge in [-0.3, -0.25) is 9.59 Å². The molecule has 0 spiro atoms. The van der Waals surface area contributed by atoms with E-state index in [1.54, 1.807) is 29.2 Å². The lowest BCUT2D eigenvalue weighted by atomic mass is 9.98. The van der Waals surface area contributed by atoms with Gasteiger partial charge in [-0.25, -0.2) is 4.79 Å². The van der Waals surface area contributed by atoms with Crippen LogP contribution < -0.4 is 5.32 Å². The summed E-state index contributed by atoms with van der Waals surface area (Å²) in [5.74, 6) is -0.828. The lowest BCUT2D eigenvalue weighted by Gasteiger charge is -2.31. The van der Waals surface area contributed by atoms with Crippen molar-refractivity contribution in [1.82, 2.24) is 10.2 Å². The van der Waals surface area contributed by atoms with Crippen LogP contribution >= 0.6 is 11.6 Å². The number of likely N-dealkylation sites (tertiary alicyclic amines) is 1. The minimum atomic E-state index is -0.818. The molecular weight excluding hydrogens is 380 g/mol. The Morgan fingerprint density at radius 3 is 2.57 bits per heavy atom. The van der Waals surface area contributed by atoms with Crippen molar-refractivity contribution in [3.05, 3.63) is 34.9 Å². The zero-order chi connectivity index (χ0) is 20.7. The molecule has 2 amide bonds. The van der Waals surface area contributed by atoms with Gasteiger partial charge in [-0.15, -0.1) is 0 Å². The van der Waals surface area contributed by atoms with Gasteiger partial charge in [0.25, 0.3) is 11.8 Å². The van der Waals surface area contributed by atoms with Crippen LogP contribution in [-0.2, 0) is 14.3 Å². The molecule has 1 heterocycles. The highest BCUT2D eigenvalue weighted by Gasteiger charge is 2.29. The number of hydrogen-bond donors (Lipinski definition) is 1. The van der Waals surface area contributed by atoms with Crippen molar-refractivity contribution in [3.63, 3.8) is 0 Å². The largest absolute Gasteiger partial charge is 0.454 e. The number of ether oxygens (including phenoxy) is 1. The Labute approximate surface area is 171 Å². The molecule has 0 bridgehead atoms. The number of amides is 2. The van der Waals surface area contributed by atoms with E-state index >= 15 is 0 Å². The number of hydrogen-bond acceptors (Lipinski definition) is 4. The van der Waals surface area contributed by atoms with Gasteiger partial charge in [0.2, 0.25) is 0 Å². The average Bonchev–Trinajstić information content (AvgIpc) is 2.69. The second-order valence-electron chi connectivity index (χ2n) is 7.54. The van der Waals surface area contributed by atoms with Gasteiger partial charge in [0.15, 0.2) is 6.61 Å². The Bertz CT molecular complexity index is 692. The first-order valence-corrected chi connectivity index (χ1v) is 10.2. The Morgan fingerprint density at radius 1 is 1.29 bits per heavy atom. The van der Waals surface area contributed by atoms with Gasteiger partial charge in [-0.1, -0.05) is 38.8 Å². The van der Waals surface area contributed by atoms with Crippen LogP contribution in [-0.4, -0.2) is 48.4 Å². The van der Waals surface area contributed by atoms with Gasteiger partial charge in [-0.2, -0.15) is 0 Å². The summed E-state index contributed by atoms with van der Waals surface area (Å²) < 4.78 is 5.27. The third-order valence-corrected chi connectivity index (χ3v) is 5.46. The monoisotopic (exact) mass is 408 g/mol. The Balaban J connectivity index is 1.95. The van der Waals surface area contributed by atoms with E-state index in [1.807, 2.05) is 13.8 Å². The number of halogens is 1. The van der Waals surface area contributed by atoms with E-state index in [4.69, 9.17) is 16.3 Å². The van der Waals surface area contributed by atoms with Crippen LogP contribution in [0.15, 0.2) is 24.3 Å². The van der Waals surface area contributed by atoms with Crippen LogP contribution in [0, 0.1) is 11.8 Å². The number of rotatable bonds is 7. The molecule has 0 radical (unpaired) electrons. The van der Waals surface area contributed by atoms with Crippen LogP contribution in [0.25, 0.3) is 0 Å². The molecule has 1 aliphatic rings. The summed E-state index contributed by atoms with van der Waals surface area (Å²) in [6, 6.07) is 5.60. The first-order valence-electron chi connectivity index (χ1n) is 9.82. The van der Waals surface area contributed by atoms with E-state index in [0.717, 1.165) is 12.8 Å². The first kappa shape index (κ1) is 22.2. The maximum atomic E-state index is 12.6. The molecule has 1 N–H and O–H groups in total. The molecule has 6 nitrogen and oxygen atoms in total. The van der Waals surface area contributed by atoms with Crippen LogP contribution in [0.2, 0.25) is 5.02 Å². The predicted octanol–water partition coefficient (Wildman–Crippen LogP) is 3.29. The minimum absolute atomic E-state index is 0.131. The van der Waals surface area contributed by atoms with E-state index in [0.29, 0.717) is 36.0 Å². The third kappa shape index (κ3) is 6.23. The molecule has 28 heavy (non-hydrogen) atoms.